The average molecular weight is 473 g/mol. The van der Waals surface area contributed by atoms with E-state index in [0.29, 0.717) is 25.3 Å². The van der Waals surface area contributed by atoms with Gasteiger partial charge in [-0.2, -0.15) is 4.31 Å². The zero-order valence-corrected chi connectivity index (χ0v) is 19.9. The van der Waals surface area contributed by atoms with Crippen LogP contribution in [0.5, 0.6) is 0 Å². The zero-order chi connectivity index (χ0) is 23.3. The van der Waals surface area contributed by atoms with E-state index in [-0.39, 0.29) is 16.8 Å². The van der Waals surface area contributed by atoms with E-state index in [1.807, 2.05) is 12.1 Å². The third-order valence-corrected chi connectivity index (χ3v) is 8.40. The number of benzene rings is 1. The van der Waals surface area contributed by atoms with Crippen LogP contribution < -0.4 is 10.2 Å². The highest BCUT2D eigenvalue weighted by molar-refractivity contribution is 7.89. The van der Waals surface area contributed by atoms with Crippen molar-refractivity contribution in [2.24, 2.45) is 0 Å². The normalized spacial score (nSPS) is 17.8. The molecule has 1 aliphatic heterocycles. The number of hydrogen-bond donors (Lipinski definition) is 1. The molecular weight excluding hydrogens is 440 g/mol. The molecule has 1 aromatic carbocycles. The molecule has 0 atom stereocenters. The molecule has 0 radical (unpaired) electrons. The fraction of sp³-hybridized carbons (Fsp3) is 0.500. The fourth-order valence-corrected chi connectivity index (χ4v) is 5.82. The molecule has 1 saturated carbocycles. The van der Waals surface area contributed by atoms with E-state index >= 15 is 0 Å². The van der Waals surface area contributed by atoms with Crippen LogP contribution in [0, 0.1) is 0 Å². The second kappa shape index (κ2) is 10.6. The number of nitrogens with zero attached hydrogens (tertiary/aromatic N) is 3. The second-order valence-electron chi connectivity index (χ2n) is 8.64. The summed E-state index contributed by atoms with van der Waals surface area (Å²) in [6.45, 7) is 3.33. The number of carbonyl (C=O) groups excluding carboxylic acids is 1. The molecule has 2 fully saturated rings. The molecule has 9 heteroatoms. The average Bonchev–Trinajstić information content (AvgIpc) is 2.88. The molecule has 0 bridgehead atoms. The lowest BCUT2D eigenvalue weighted by Crippen LogP contribution is -2.38. The number of aromatic nitrogens is 1. The predicted molar refractivity (Wildman–Crippen MR) is 127 cm³/mol. The standard InChI is InChI=1S/C24H32N4O4S/c1-27(21-5-3-2-4-6-21)33(30,31)22-9-7-20(8-10-22)24(29)26-18-19-11-12-25-23(17-19)28-13-15-32-16-14-28/h7-12,17,21H,2-6,13-16,18H2,1H3,(H,26,29). The molecular formula is C24H32N4O4S. The molecule has 1 amide bonds. The first-order valence-corrected chi connectivity index (χ1v) is 13.0. The largest absolute Gasteiger partial charge is 0.378 e. The number of ether oxygens (including phenoxy) is 1. The Morgan fingerprint density at radius 3 is 2.52 bits per heavy atom. The topological polar surface area (TPSA) is 91.8 Å². The van der Waals surface area contributed by atoms with Crippen LogP contribution in [0.3, 0.4) is 0 Å². The molecule has 1 saturated heterocycles. The Kier molecular flexibility index (Phi) is 7.62. The molecule has 4 rings (SSSR count). The number of morpholine rings is 1. The third-order valence-electron chi connectivity index (χ3n) is 6.48. The van der Waals surface area contributed by atoms with Crippen LogP contribution in [0.25, 0.3) is 0 Å². The van der Waals surface area contributed by atoms with Crippen molar-refractivity contribution in [2.45, 2.75) is 49.6 Å². The first-order valence-electron chi connectivity index (χ1n) is 11.6. The third kappa shape index (κ3) is 5.72. The quantitative estimate of drug-likeness (QED) is 0.666. The van der Waals surface area contributed by atoms with Gasteiger partial charge in [-0.05, 0) is 54.8 Å². The number of nitrogens with one attached hydrogen (secondary N) is 1. The number of sulfonamides is 1. The number of rotatable bonds is 7. The smallest absolute Gasteiger partial charge is 0.251 e. The summed E-state index contributed by atoms with van der Waals surface area (Å²) in [4.78, 5) is 19.4. The summed E-state index contributed by atoms with van der Waals surface area (Å²) >= 11 is 0. The van der Waals surface area contributed by atoms with Gasteiger partial charge in [-0.1, -0.05) is 19.3 Å². The summed E-state index contributed by atoms with van der Waals surface area (Å²) in [6.07, 6.45) is 6.85. The van der Waals surface area contributed by atoms with Gasteiger partial charge in [0.2, 0.25) is 10.0 Å². The van der Waals surface area contributed by atoms with Crippen LogP contribution >= 0.6 is 0 Å². The van der Waals surface area contributed by atoms with E-state index in [1.54, 1.807) is 25.4 Å². The van der Waals surface area contributed by atoms with Crippen molar-refractivity contribution >= 4 is 21.7 Å². The molecule has 1 aromatic heterocycles. The monoisotopic (exact) mass is 472 g/mol. The van der Waals surface area contributed by atoms with Crippen LogP contribution in [0.1, 0.15) is 48.0 Å². The second-order valence-corrected chi connectivity index (χ2v) is 10.6. The lowest BCUT2D eigenvalue weighted by molar-refractivity contribution is 0.0950. The van der Waals surface area contributed by atoms with Crippen molar-refractivity contribution in [3.05, 3.63) is 53.7 Å². The molecule has 1 aliphatic carbocycles. The van der Waals surface area contributed by atoms with Crippen LogP contribution in [-0.2, 0) is 21.3 Å². The molecule has 0 unspecified atom stereocenters. The Balaban J connectivity index is 1.36. The van der Waals surface area contributed by atoms with Crippen molar-refractivity contribution in [3.63, 3.8) is 0 Å². The van der Waals surface area contributed by atoms with Crippen molar-refractivity contribution in [1.29, 1.82) is 0 Å². The van der Waals surface area contributed by atoms with E-state index < -0.39 is 10.0 Å². The molecule has 2 aromatic rings. The van der Waals surface area contributed by atoms with Gasteiger partial charge in [-0.25, -0.2) is 13.4 Å². The van der Waals surface area contributed by atoms with Crippen molar-refractivity contribution in [2.75, 3.05) is 38.3 Å². The van der Waals surface area contributed by atoms with E-state index in [4.69, 9.17) is 4.74 Å². The molecule has 2 heterocycles. The zero-order valence-electron chi connectivity index (χ0n) is 19.1. The van der Waals surface area contributed by atoms with Crippen molar-refractivity contribution in [1.82, 2.24) is 14.6 Å². The Bertz CT molecular complexity index is 1050. The van der Waals surface area contributed by atoms with Gasteiger partial charge in [0.15, 0.2) is 0 Å². The maximum Gasteiger partial charge on any atom is 0.251 e. The first-order chi connectivity index (χ1) is 15.9. The minimum absolute atomic E-state index is 0.0504. The van der Waals surface area contributed by atoms with Gasteiger partial charge < -0.3 is 15.0 Å². The van der Waals surface area contributed by atoms with Gasteiger partial charge in [0.25, 0.3) is 5.91 Å². The van der Waals surface area contributed by atoms with E-state index in [2.05, 4.69) is 15.2 Å². The Hall–Kier alpha value is -2.49. The van der Waals surface area contributed by atoms with E-state index in [9.17, 15) is 13.2 Å². The Morgan fingerprint density at radius 1 is 1.12 bits per heavy atom. The minimum Gasteiger partial charge on any atom is -0.378 e. The highest BCUT2D eigenvalue weighted by atomic mass is 32.2. The highest BCUT2D eigenvalue weighted by Crippen LogP contribution is 2.26. The van der Waals surface area contributed by atoms with Gasteiger partial charge >= 0.3 is 0 Å². The summed E-state index contributed by atoms with van der Waals surface area (Å²) in [5.74, 6) is 0.631. The summed E-state index contributed by atoms with van der Waals surface area (Å²) in [7, 11) is -1.91. The van der Waals surface area contributed by atoms with Crippen molar-refractivity contribution < 1.29 is 17.9 Å². The van der Waals surface area contributed by atoms with Crippen LogP contribution in [-0.4, -0.2) is 63.0 Å². The molecule has 0 spiro atoms. The van der Waals surface area contributed by atoms with E-state index in [1.165, 1.54) is 22.9 Å². The molecule has 2 aliphatic rings. The van der Waals surface area contributed by atoms with Crippen LogP contribution in [0.2, 0.25) is 0 Å². The van der Waals surface area contributed by atoms with Gasteiger partial charge in [0.05, 0.1) is 18.1 Å². The fourth-order valence-electron chi connectivity index (χ4n) is 4.41. The maximum absolute atomic E-state index is 13.0. The summed E-state index contributed by atoms with van der Waals surface area (Å²) in [5.41, 5.74) is 1.38. The molecule has 33 heavy (non-hydrogen) atoms. The summed E-state index contributed by atoms with van der Waals surface area (Å²) < 4.78 is 32.9. The number of carbonyl (C=O) groups is 1. The van der Waals surface area contributed by atoms with Crippen LogP contribution in [0.15, 0.2) is 47.5 Å². The number of pyridine rings is 1. The lowest BCUT2D eigenvalue weighted by Gasteiger charge is -2.30. The van der Waals surface area contributed by atoms with Gasteiger partial charge in [-0.15, -0.1) is 0 Å². The van der Waals surface area contributed by atoms with Gasteiger partial charge in [0, 0.05) is 44.5 Å². The van der Waals surface area contributed by atoms with Gasteiger partial charge in [0.1, 0.15) is 5.82 Å². The molecule has 1 N–H and O–H groups in total. The molecule has 178 valence electrons. The van der Waals surface area contributed by atoms with Gasteiger partial charge in [-0.3, -0.25) is 4.79 Å². The maximum atomic E-state index is 13.0. The van der Waals surface area contributed by atoms with Crippen molar-refractivity contribution in [3.8, 4) is 0 Å². The van der Waals surface area contributed by atoms with E-state index in [0.717, 1.165) is 50.2 Å². The first kappa shape index (κ1) is 23.7. The number of anilines is 1. The minimum atomic E-state index is -3.57. The predicted octanol–water partition coefficient (Wildman–Crippen LogP) is 2.80. The molecule has 8 nitrogen and oxygen atoms in total. The SMILES string of the molecule is CN(C1CCCCC1)S(=O)(=O)c1ccc(C(=O)NCc2ccnc(N3CCOCC3)c2)cc1. The lowest BCUT2D eigenvalue weighted by atomic mass is 9.96. The summed E-state index contributed by atoms with van der Waals surface area (Å²) in [5, 5.41) is 2.91. The number of hydrogen-bond acceptors (Lipinski definition) is 6. The Morgan fingerprint density at radius 2 is 1.82 bits per heavy atom. The highest BCUT2D eigenvalue weighted by Gasteiger charge is 2.29. The Labute approximate surface area is 196 Å². The van der Waals surface area contributed by atoms with Crippen LogP contribution in [0.4, 0.5) is 5.82 Å². The summed E-state index contributed by atoms with van der Waals surface area (Å²) in [6, 6.07) is 10.1. The number of amides is 1.